The molecule has 3 aromatic rings. The highest BCUT2D eigenvalue weighted by Crippen LogP contribution is 2.22. The highest BCUT2D eigenvalue weighted by Gasteiger charge is 2.08. The van der Waals surface area contributed by atoms with Gasteiger partial charge in [-0.1, -0.05) is 17.3 Å². The maximum absolute atomic E-state index is 10.6. The molecule has 7 heteroatoms. The predicted octanol–water partition coefficient (Wildman–Crippen LogP) is 2.55. The lowest BCUT2D eigenvalue weighted by atomic mass is 10.1. The SMILES string of the molecule is O=[N+]([O-])c1ccc(-n2cc(-c3cccc(O)c3)nn2)cc1. The van der Waals surface area contributed by atoms with Crippen LogP contribution in [-0.2, 0) is 0 Å². The first kappa shape index (κ1) is 12.8. The first-order chi connectivity index (χ1) is 10.1. The van der Waals surface area contributed by atoms with E-state index >= 15 is 0 Å². The molecule has 7 nitrogen and oxygen atoms in total. The predicted molar refractivity (Wildman–Crippen MR) is 75.1 cm³/mol. The van der Waals surface area contributed by atoms with Crippen molar-refractivity contribution >= 4 is 5.69 Å². The van der Waals surface area contributed by atoms with Crippen molar-refractivity contribution in [2.75, 3.05) is 0 Å². The quantitative estimate of drug-likeness (QED) is 0.588. The molecule has 0 amide bonds. The number of aromatic nitrogens is 3. The molecule has 0 saturated heterocycles. The molecule has 0 radical (unpaired) electrons. The fourth-order valence-corrected chi connectivity index (χ4v) is 1.91. The summed E-state index contributed by atoms with van der Waals surface area (Å²) < 4.78 is 1.52. The van der Waals surface area contributed by atoms with Gasteiger partial charge in [-0.25, -0.2) is 4.68 Å². The van der Waals surface area contributed by atoms with Crippen molar-refractivity contribution in [3.8, 4) is 22.7 Å². The van der Waals surface area contributed by atoms with E-state index in [1.165, 1.54) is 16.8 Å². The van der Waals surface area contributed by atoms with E-state index in [-0.39, 0.29) is 11.4 Å². The van der Waals surface area contributed by atoms with Gasteiger partial charge in [0.25, 0.3) is 5.69 Å². The third kappa shape index (κ3) is 2.57. The summed E-state index contributed by atoms with van der Waals surface area (Å²) in [6.45, 7) is 0. The van der Waals surface area contributed by atoms with Crippen LogP contribution in [0, 0.1) is 10.1 Å². The minimum atomic E-state index is -0.455. The molecular weight excluding hydrogens is 272 g/mol. The Morgan fingerprint density at radius 3 is 2.57 bits per heavy atom. The number of benzene rings is 2. The molecule has 2 aromatic carbocycles. The normalized spacial score (nSPS) is 10.5. The molecule has 21 heavy (non-hydrogen) atoms. The van der Waals surface area contributed by atoms with Crippen LogP contribution in [-0.4, -0.2) is 25.0 Å². The van der Waals surface area contributed by atoms with Crippen LogP contribution in [0.1, 0.15) is 0 Å². The second kappa shape index (κ2) is 5.04. The molecule has 0 spiro atoms. The summed E-state index contributed by atoms with van der Waals surface area (Å²) in [4.78, 5) is 10.2. The van der Waals surface area contributed by atoms with E-state index < -0.39 is 4.92 Å². The van der Waals surface area contributed by atoms with Crippen molar-refractivity contribution in [2.45, 2.75) is 0 Å². The van der Waals surface area contributed by atoms with Crippen molar-refractivity contribution in [3.05, 3.63) is 64.8 Å². The molecule has 0 aliphatic rings. The summed E-state index contributed by atoms with van der Waals surface area (Å²) in [7, 11) is 0. The summed E-state index contributed by atoms with van der Waals surface area (Å²) in [6.07, 6.45) is 1.69. The average Bonchev–Trinajstić information content (AvgIpc) is 2.97. The van der Waals surface area contributed by atoms with Gasteiger partial charge in [-0.3, -0.25) is 10.1 Å². The lowest BCUT2D eigenvalue weighted by Gasteiger charge is -1.99. The number of aromatic hydroxyl groups is 1. The number of phenols is 1. The van der Waals surface area contributed by atoms with Crippen molar-refractivity contribution in [3.63, 3.8) is 0 Å². The molecule has 3 rings (SSSR count). The first-order valence-corrected chi connectivity index (χ1v) is 6.10. The van der Waals surface area contributed by atoms with E-state index in [2.05, 4.69) is 10.3 Å². The van der Waals surface area contributed by atoms with Gasteiger partial charge < -0.3 is 5.11 Å². The fourth-order valence-electron chi connectivity index (χ4n) is 1.91. The fraction of sp³-hybridized carbons (Fsp3) is 0. The van der Waals surface area contributed by atoms with E-state index in [1.807, 2.05) is 6.07 Å². The van der Waals surface area contributed by atoms with Crippen LogP contribution in [0.25, 0.3) is 16.9 Å². The maximum atomic E-state index is 10.6. The summed E-state index contributed by atoms with van der Waals surface area (Å²) in [5, 5.41) is 28.1. The molecule has 1 N–H and O–H groups in total. The smallest absolute Gasteiger partial charge is 0.269 e. The molecule has 0 bridgehead atoms. The van der Waals surface area contributed by atoms with Gasteiger partial charge in [0, 0.05) is 17.7 Å². The number of nitro groups is 1. The zero-order chi connectivity index (χ0) is 14.8. The van der Waals surface area contributed by atoms with E-state index in [4.69, 9.17) is 0 Å². The Morgan fingerprint density at radius 2 is 1.90 bits per heavy atom. The van der Waals surface area contributed by atoms with Crippen molar-refractivity contribution in [2.24, 2.45) is 0 Å². The molecule has 104 valence electrons. The first-order valence-electron chi connectivity index (χ1n) is 6.10. The number of nitrogens with zero attached hydrogens (tertiary/aromatic N) is 4. The number of hydrogen-bond donors (Lipinski definition) is 1. The van der Waals surface area contributed by atoms with Crippen LogP contribution in [0.15, 0.2) is 54.7 Å². The molecule has 0 fully saturated rings. The third-order valence-corrected chi connectivity index (χ3v) is 2.96. The van der Waals surface area contributed by atoms with Gasteiger partial charge in [-0.05, 0) is 24.3 Å². The Labute approximate surface area is 119 Å². The second-order valence-corrected chi connectivity index (χ2v) is 4.37. The Morgan fingerprint density at radius 1 is 1.14 bits per heavy atom. The van der Waals surface area contributed by atoms with Crippen molar-refractivity contribution in [1.29, 1.82) is 0 Å². The zero-order valence-corrected chi connectivity index (χ0v) is 10.7. The average molecular weight is 282 g/mol. The molecule has 0 unspecified atom stereocenters. The summed E-state index contributed by atoms with van der Waals surface area (Å²) >= 11 is 0. The van der Waals surface area contributed by atoms with E-state index in [0.717, 1.165) is 5.56 Å². The Kier molecular flexibility index (Phi) is 3.07. The molecule has 1 heterocycles. The van der Waals surface area contributed by atoms with E-state index in [0.29, 0.717) is 11.4 Å². The number of hydrogen-bond acceptors (Lipinski definition) is 5. The second-order valence-electron chi connectivity index (χ2n) is 4.37. The van der Waals surface area contributed by atoms with Gasteiger partial charge in [0.1, 0.15) is 11.4 Å². The van der Waals surface area contributed by atoms with Crippen LogP contribution >= 0.6 is 0 Å². The summed E-state index contributed by atoms with van der Waals surface area (Å²) in [5.41, 5.74) is 2.03. The maximum Gasteiger partial charge on any atom is 0.269 e. The minimum Gasteiger partial charge on any atom is -0.508 e. The van der Waals surface area contributed by atoms with Gasteiger partial charge in [-0.15, -0.1) is 5.10 Å². The van der Waals surface area contributed by atoms with Gasteiger partial charge in [0.05, 0.1) is 16.8 Å². The standard InChI is InChI=1S/C14H10N4O3/c19-13-3-1-2-10(8-13)14-9-17(16-15-14)11-4-6-12(7-5-11)18(20)21/h1-9,19H. The lowest BCUT2D eigenvalue weighted by Crippen LogP contribution is -1.95. The Balaban J connectivity index is 1.93. The van der Waals surface area contributed by atoms with Crippen LogP contribution in [0.5, 0.6) is 5.75 Å². The van der Waals surface area contributed by atoms with Crippen molar-refractivity contribution < 1.29 is 10.0 Å². The lowest BCUT2D eigenvalue weighted by molar-refractivity contribution is -0.384. The number of phenolic OH excluding ortho intramolecular Hbond substituents is 1. The topological polar surface area (TPSA) is 94.1 Å². The third-order valence-electron chi connectivity index (χ3n) is 2.96. The zero-order valence-electron chi connectivity index (χ0n) is 10.7. The summed E-state index contributed by atoms with van der Waals surface area (Å²) in [5.74, 6) is 0.150. The largest absolute Gasteiger partial charge is 0.508 e. The minimum absolute atomic E-state index is 0.0204. The molecule has 0 atom stereocenters. The molecule has 0 aliphatic heterocycles. The van der Waals surface area contributed by atoms with E-state index in [9.17, 15) is 15.2 Å². The van der Waals surface area contributed by atoms with Gasteiger partial charge in [0.2, 0.25) is 0 Å². The molecule has 0 saturated carbocycles. The van der Waals surface area contributed by atoms with Gasteiger partial charge in [0.15, 0.2) is 0 Å². The number of non-ortho nitro benzene ring substituents is 1. The highest BCUT2D eigenvalue weighted by molar-refractivity contribution is 5.60. The van der Waals surface area contributed by atoms with Crippen LogP contribution < -0.4 is 0 Å². The van der Waals surface area contributed by atoms with Crippen LogP contribution in [0.2, 0.25) is 0 Å². The van der Waals surface area contributed by atoms with E-state index in [1.54, 1.807) is 36.5 Å². The van der Waals surface area contributed by atoms with Gasteiger partial charge in [-0.2, -0.15) is 0 Å². The molecular formula is C14H10N4O3. The van der Waals surface area contributed by atoms with Gasteiger partial charge >= 0.3 is 0 Å². The Hall–Kier alpha value is -3.22. The highest BCUT2D eigenvalue weighted by atomic mass is 16.6. The number of nitro benzene ring substituents is 1. The van der Waals surface area contributed by atoms with Crippen molar-refractivity contribution in [1.82, 2.24) is 15.0 Å². The summed E-state index contributed by atoms with van der Waals surface area (Å²) in [6, 6.07) is 12.7. The monoisotopic (exact) mass is 282 g/mol. The molecule has 1 aromatic heterocycles. The molecule has 0 aliphatic carbocycles. The number of rotatable bonds is 3. The van der Waals surface area contributed by atoms with Crippen LogP contribution in [0.4, 0.5) is 5.69 Å². The Bertz CT molecular complexity index is 796. The van der Waals surface area contributed by atoms with Crippen LogP contribution in [0.3, 0.4) is 0 Å².